The zero-order valence-corrected chi connectivity index (χ0v) is 8.50. The van der Waals surface area contributed by atoms with Gasteiger partial charge in [-0.05, 0) is 12.1 Å². The van der Waals surface area contributed by atoms with Crippen LogP contribution in [0.5, 0.6) is 0 Å². The van der Waals surface area contributed by atoms with Gasteiger partial charge in [0.05, 0.1) is 17.4 Å². The molecule has 2 rings (SSSR count). The van der Waals surface area contributed by atoms with Crippen LogP contribution >= 0.6 is 11.6 Å². The third-order valence-electron chi connectivity index (χ3n) is 2.10. The van der Waals surface area contributed by atoms with Gasteiger partial charge in [0.1, 0.15) is 5.82 Å². The second kappa shape index (κ2) is 3.50. The molecule has 0 fully saturated rings. The average Bonchev–Trinajstić information content (AvgIpc) is 2.51. The summed E-state index contributed by atoms with van der Waals surface area (Å²) in [6.07, 6.45) is 3.69. The van der Waals surface area contributed by atoms with Crippen LogP contribution in [0.25, 0.3) is 0 Å². The molecule has 0 radical (unpaired) electrons. The third kappa shape index (κ3) is 1.55. The summed E-state index contributed by atoms with van der Waals surface area (Å²) in [6.45, 7) is 0.626. The topological polar surface area (TPSA) is 6.48 Å². The Hall–Kier alpha value is -1.22. The maximum atomic E-state index is 13.5. The standard InChI is InChI=1S/C10H10ClFN2/c1-13-5-6-14(7-13)10-8(11)3-2-4-9(10)12/h2-6H,7H2,1H3. The number of nitrogens with zero attached hydrogens (tertiary/aromatic N) is 2. The molecule has 2 nitrogen and oxygen atoms in total. The highest BCUT2D eigenvalue weighted by Gasteiger charge is 2.17. The van der Waals surface area contributed by atoms with Crippen LogP contribution in [0.3, 0.4) is 0 Å². The monoisotopic (exact) mass is 212 g/mol. The van der Waals surface area contributed by atoms with E-state index in [1.54, 1.807) is 17.0 Å². The van der Waals surface area contributed by atoms with E-state index in [1.165, 1.54) is 6.07 Å². The smallest absolute Gasteiger partial charge is 0.148 e. The summed E-state index contributed by atoms with van der Waals surface area (Å²) in [4.78, 5) is 3.72. The largest absolute Gasteiger partial charge is 0.361 e. The minimum atomic E-state index is -0.294. The van der Waals surface area contributed by atoms with E-state index in [9.17, 15) is 4.39 Å². The summed E-state index contributed by atoms with van der Waals surface area (Å²) in [5, 5.41) is 0.435. The summed E-state index contributed by atoms with van der Waals surface area (Å²) in [7, 11) is 1.92. The van der Waals surface area contributed by atoms with Gasteiger partial charge in [-0.3, -0.25) is 0 Å². The molecule has 0 bridgehead atoms. The molecule has 0 amide bonds. The summed E-state index contributed by atoms with van der Waals surface area (Å²) in [6, 6.07) is 4.70. The van der Waals surface area contributed by atoms with Gasteiger partial charge in [0.2, 0.25) is 0 Å². The SMILES string of the molecule is CN1C=CN(c2c(F)cccc2Cl)C1. The van der Waals surface area contributed by atoms with Crippen LogP contribution in [0.2, 0.25) is 5.02 Å². The van der Waals surface area contributed by atoms with E-state index in [0.29, 0.717) is 17.4 Å². The first-order chi connectivity index (χ1) is 6.68. The van der Waals surface area contributed by atoms with Gasteiger partial charge in [0.25, 0.3) is 0 Å². The van der Waals surface area contributed by atoms with Gasteiger partial charge in [-0.15, -0.1) is 0 Å². The second-order valence-corrected chi connectivity index (χ2v) is 3.64. The Balaban J connectivity index is 2.37. The lowest BCUT2D eigenvalue weighted by atomic mass is 10.3. The first kappa shape index (κ1) is 9.34. The van der Waals surface area contributed by atoms with Crippen molar-refractivity contribution in [2.45, 2.75) is 0 Å². The normalized spacial score (nSPS) is 15.4. The van der Waals surface area contributed by atoms with E-state index < -0.39 is 0 Å². The molecule has 74 valence electrons. The van der Waals surface area contributed by atoms with Crippen molar-refractivity contribution in [2.24, 2.45) is 0 Å². The fraction of sp³-hybridized carbons (Fsp3) is 0.200. The van der Waals surface area contributed by atoms with Crippen molar-refractivity contribution in [2.75, 3.05) is 18.6 Å². The van der Waals surface area contributed by atoms with E-state index in [2.05, 4.69) is 0 Å². The quantitative estimate of drug-likeness (QED) is 0.706. The van der Waals surface area contributed by atoms with Crippen molar-refractivity contribution >= 4 is 17.3 Å². The van der Waals surface area contributed by atoms with E-state index in [-0.39, 0.29) is 5.82 Å². The number of rotatable bonds is 1. The number of anilines is 1. The van der Waals surface area contributed by atoms with E-state index in [4.69, 9.17) is 11.6 Å². The van der Waals surface area contributed by atoms with Crippen LogP contribution in [0.1, 0.15) is 0 Å². The van der Waals surface area contributed by atoms with Gasteiger partial charge in [-0.25, -0.2) is 4.39 Å². The molecule has 0 aromatic heterocycles. The molecule has 1 aliphatic rings. The number of benzene rings is 1. The Labute approximate surface area is 87.2 Å². The Morgan fingerprint density at radius 1 is 1.36 bits per heavy atom. The lowest BCUT2D eigenvalue weighted by Gasteiger charge is -2.19. The molecule has 14 heavy (non-hydrogen) atoms. The molecule has 1 aliphatic heterocycles. The second-order valence-electron chi connectivity index (χ2n) is 3.24. The lowest BCUT2D eigenvalue weighted by Crippen LogP contribution is -2.22. The molecule has 1 aromatic rings. The number of para-hydroxylation sites is 1. The summed E-state index contributed by atoms with van der Waals surface area (Å²) >= 11 is 5.92. The maximum absolute atomic E-state index is 13.5. The van der Waals surface area contributed by atoms with Crippen molar-refractivity contribution in [3.63, 3.8) is 0 Å². The van der Waals surface area contributed by atoms with Crippen molar-refractivity contribution in [1.29, 1.82) is 0 Å². The van der Waals surface area contributed by atoms with Gasteiger partial charge in [-0.1, -0.05) is 17.7 Å². The molecular formula is C10H10ClFN2. The van der Waals surface area contributed by atoms with Crippen molar-refractivity contribution in [3.8, 4) is 0 Å². The number of hydrogen-bond donors (Lipinski definition) is 0. The zero-order chi connectivity index (χ0) is 10.1. The van der Waals surface area contributed by atoms with Crippen LogP contribution in [-0.4, -0.2) is 18.6 Å². The van der Waals surface area contributed by atoms with Gasteiger partial charge in [0.15, 0.2) is 0 Å². The zero-order valence-electron chi connectivity index (χ0n) is 7.74. The van der Waals surface area contributed by atoms with Crippen LogP contribution in [0.15, 0.2) is 30.6 Å². The Morgan fingerprint density at radius 2 is 2.14 bits per heavy atom. The minimum Gasteiger partial charge on any atom is -0.361 e. The predicted molar refractivity (Wildman–Crippen MR) is 55.7 cm³/mol. The molecule has 0 spiro atoms. The van der Waals surface area contributed by atoms with Crippen molar-refractivity contribution in [1.82, 2.24) is 4.90 Å². The first-order valence-corrected chi connectivity index (χ1v) is 4.65. The van der Waals surface area contributed by atoms with Crippen molar-refractivity contribution in [3.05, 3.63) is 41.4 Å². The molecule has 0 N–H and O–H groups in total. The average molecular weight is 213 g/mol. The molecule has 0 unspecified atom stereocenters. The maximum Gasteiger partial charge on any atom is 0.148 e. The minimum absolute atomic E-state index is 0.294. The highest BCUT2D eigenvalue weighted by atomic mass is 35.5. The molecule has 0 saturated carbocycles. The lowest BCUT2D eigenvalue weighted by molar-refractivity contribution is 0.492. The third-order valence-corrected chi connectivity index (χ3v) is 2.41. The number of halogens is 2. The van der Waals surface area contributed by atoms with Crippen molar-refractivity contribution < 1.29 is 4.39 Å². The summed E-state index contributed by atoms with van der Waals surface area (Å²) in [5.74, 6) is -0.294. The fourth-order valence-corrected chi connectivity index (χ4v) is 1.71. The Bertz CT molecular complexity index is 358. The van der Waals surface area contributed by atoms with E-state index in [0.717, 1.165) is 0 Å². The molecule has 1 heterocycles. The number of hydrogen-bond acceptors (Lipinski definition) is 2. The van der Waals surface area contributed by atoms with E-state index >= 15 is 0 Å². The van der Waals surface area contributed by atoms with Crippen LogP contribution in [-0.2, 0) is 0 Å². The van der Waals surface area contributed by atoms with Gasteiger partial charge >= 0.3 is 0 Å². The van der Waals surface area contributed by atoms with Crippen LogP contribution in [0, 0.1) is 5.82 Å². The van der Waals surface area contributed by atoms with Gasteiger partial charge in [-0.2, -0.15) is 0 Å². The Morgan fingerprint density at radius 3 is 2.71 bits per heavy atom. The molecule has 1 aromatic carbocycles. The molecule has 4 heteroatoms. The van der Waals surface area contributed by atoms with Crippen LogP contribution in [0.4, 0.5) is 10.1 Å². The van der Waals surface area contributed by atoms with Gasteiger partial charge < -0.3 is 9.80 Å². The summed E-state index contributed by atoms with van der Waals surface area (Å²) in [5.41, 5.74) is 0.440. The molecule has 0 aliphatic carbocycles. The van der Waals surface area contributed by atoms with Crippen LogP contribution < -0.4 is 4.90 Å². The highest BCUT2D eigenvalue weighted by Crippen LogP contribution is 2.30. The molecule has 0 atom stereocenters. The van der Waals surface area contributed by atoms with E-state index in [1.807, 2.05) is 24.3 Å². The molecular weight excluding hydrogens is 203 g/mol. The summed E-state index contributed by atoms with van der Waals surface area (Å²) < 4.78 is 13.5. The predicted octanol–water partition coefficient (Wildman–Crippen LogP) is 2.66. The first-order valence-electron chi connectivity index (χ1n) is 4.27. The fourth-order valence-electron chi connectivity index (χ4n) is 1.44. The molecule has 0 saturated heterocycles. The Kier molecular flexibility index (Phi) is 2.33. The van der Waals surface area contributed by atoms with Gasteiger partial charge in [0, 0.05) is 19.4 Å². The highest BCUT2D eigenvalue weighted by molar-refractivity contribution is 6.33.